The van der Waals surface area contributed by atoms with Crippen LogP contribution in [0.1, 0.15) is 16.7 Å². The zero-order valence-corrected chi connectivity index (χ0v) is 19.4. The first-order valence-electron chi connectivity index (χ1n) is 10.5. The fraction of sp³-hybridized carbons (Fsp3) is 0.435. The van der Waals surface area contributed by atoms with E-state index in [1.54, 1.807) is 12.1 Å². The quantitative estimate of drug-likeness (QED) is 0.673. The smallest absolute Gasteiger partial charge is 0.241 e. The second kappa shape index (κ2) is 10.3. The second-order valence-electron chi connectivity index (χ2n) is 8.23. The van der Waals surface area contributed by atoms with E-state index < -0.39 is 10.0 Å². The highest BCUT2D eigenvalue weighted by atomic mass is 32.2. The lowest BCUT2D eigenvalue weighted by Gasteiger charge is -2.32. The number of rotatable bonds is 8. The molecule has 0 aromatic heterocycles. The topological polar surface area (TPSA) is 73.0 Å². The number of sulfonamides is 1. The Morgan fingerprint density at radius 2 is 1.71 bits per heavy atom. The van der Waals surface area contributed by atoms with Gasteiger partial charge in [0.05, 0.1) is 11.9 Å². The Balaban J connectivity index is 1.59. The Hall–Kier alpha value is -2.42. The molecule has 1 aliphatic heterocycles. The van der Waals surface area contributed by atoms with Crippen LogP contribution in [-0.2, 0) is 27.9 Å². The Bertz CT molecular complexity index is 1000. The molecule has 0 atom stereocenters. The highest BCUT2D eigenvalue weighted by molar-refractivity contribution is 7.92. The molecular weight excluding hydrogens is 412 g/mol. The van der Waals surface area contributed by atoms with Gasteiger partial charge in [-0.2, -0.15) is 0 Å². The number of nitrogens with zero attached hydrogens (tertiary/aromatic N) is 3. The number of hydrogen-bond donors (Lipinski definition) is 1. The lowest BCUT2D eigenvalue weighted by Crippen LogP contribution is -2.43. The predicted octanol–water partition coefficient (Wildman–Crippen LogP) is 1.82. The summed E-state index contributed by atoms with van der Waals surface area (Å²) in [5.74, 6) is -0.335. The summed E-state index contributed by atoms with van der Waals surface area (Å²) in [6.45, 7) is 7.10. The van der Waals surface area contributed by atoms with Crippen LogP contribution in [0.3, 0.4) is 0 Å². The number of amides is 1. The highest BCUT2D eigenvalue weighted by Crippen LogP contribution is 2.21. The summed E-state index contributed by atoms with van der Waals surface area (Å²) < 4.78 is 25.7. The maximum absolute atomic E-state index is 12.6. The molecule has 1 aliphatic rings. The first-order chi connectivity index (χ1) is 14.7. The molecule has 0 bridgehead atoms. The van der Waals surface area contributed by atoms with Gasteiger partial charge >= 0.3 is 0 Å². The van der Waals surface area contributed by atoms with Gasteiger partial charge in [-0.15, -0.1) is 0 Å². The van der Waals surface area contributed by atoms with Gasteiger partial charge in [0.25, 0.3) is 0 Å². The largest absolute Gasteiger partial charge is 0.350 e. The third-order valence-electron chi connectivity index (χ3n) is 5.55. The van der Waals surface area contributed by atoms with Gasteiger partial charge in [-0.1, -0.05) is 42.5 Å². The molecule has 1 heterocycles. The molecule has 7 nitrogen and oxygen atoms in total. The van der Waals surface area contributed by atoms with E-state index in [1.165, 1.54) is 5.56 Å². The van der Waals surface area contributed by atoms with Crippen LogP contribution in [-0.4, -0.2) is 70.2 Å². The van der Waals surface area contributed by atoms with E-state index in [2.05, 4.69) is 34.3 Å². The molecule has 31 heavy (non-hydrogen) atoms. The number of carbonyl (C=O) groups is 1. The average molecular weight is 445 g/mol. The maximum atomic E-state index is 12.6. The monoisotopic (exact) mass is 444 g/mol. The van der Waals surface area contributed by atoms with Crippen molar-refractivity contribution in [3.63, 3.8) is 0 Å². The molecule has 168 valence electrons. The normalized spacial score (nSPS) is 15.6. The first kappa shape index (κ1) is 23.2. The maximum Gasteiger partial charge on any atom is 0.241 e. The van der Waals surface area contributed by atoms with Crippen LogP contribution >= 0.6 is 0 Å². The molecule has 0 radical (unpaired) electrons. The Morgan fingerprint density at radius 3 is 2.39 bits per heavy atom. The summed E-state index contributed by atoms with van der Waals surface area (Å²) in [7, 11) is -1.44. The molecule has 0 unspecified atom stereocenters. The minimum atomic E-state index is -3.58. The third-order valence-corrected chi connectivity index (χ3v) is 6.68. The van der Waals surface area contributed by atoms with Crippen molar-refractivity contribution in [2.45, 2.75) is 20.0 Å². The fourth-order valence-corrected chi connectivity index (χ4v) is 4.63. The zero-order chi connectivity index (χ0) is 22.4. The van der Waals surface area contributed by atoms with Gasteiger partial charge in [0.15, 0.2) is 0 Å². The first-order valence-corrected chi connectivity index (χ1v) is 12.4. The number of anilines is 1. The molecule has 0 spiro atoms. The van der Waals surface area contributed by atoms with E-state index in [0.29, 0.717) is 12.2 Å². The van der Waals surface area contributed by atoms with Gasteiger partial charge in [-0.05, 0) is 36.7 Å². The molecule has 8 heteroatoms. The van der Waals surface area contributed by atoms with Crippen LogP contribution in [0.2, 0.25) is 0 Å². The fourth-order valence-electron chi connectivity index (χ4n) is 3.71. The van der Waals surface area contributed by atoms with Crippen LogP contribution in [0.25, 0.3) is 0 Å². The molecule has 1 amide bonds. The summed E-state index contributed by atoms with van der Waals surface area (Å²) >= 11 is 0. The molecule has 3 rings (SSSR count). The number of aryl methyl sites for hydroxylation is 1. The van der Waals surface area contributed by atoms with Crippen LogP contribution in [0.4, 0.5) is 5.69 Å². The van der Waals surface area contributed by atoms with Crippen LogP contribution < -0.4 is 9.62 Å². The SMILES string of the molecule is Cc1ccccc1N(CC(=O)NCc1cccc(CN2CCN(C)CC2)c1)S(C)(=O)=O. The average Bonchev–Trinajstić information content (AvgIpc) is 2.72. The van der Waals surface area contributed by atoms with Gasteiger partial charge < -0.3 is 10.2 Å². The van der Waals surface area contributed by atoms with Crippen LogP contribution in [0.15, 0.2) is 48.5 Å². The standard InChI is InChI=1S/C23H32N4O3S/c1-19-7-4-5-10-22(19)27(31(3,29)30)18-23(28)24-16-20-8-6-9-21(15-20)17-26-13-11-25(2)12-14-26/h4-10,15H,11-14,16-18H2,1-3H3,(H,24,28). The minimum absolute atomic E-state index is 0.245. The Labute approximate surface area is 185 Å². The molecule has 2 aromatic rings. The van der Waals surface area contributed by atoms with E-state index >= 15 is 0 Å². The van der Waals surface area contributed by atoms with Crippen molar-refractivity contribution in [2.75, 3.05) is 50.3 Å². The summed E-state index contributed by atoms with van der Waals surface area (Å²) in [6, 6.07) is 15.3. The molecule has 1 N–H and O–H groups in total. The Kier molecular flexibility index (Phi) is 7.69. The summed E-state index contributed by atoms with van der Waals surface area (Å²) in [5.41, 5.74) is 3.54. The predicted molar refractivity (Wildman–Crippen MR) is 124 cm³/mol. The van der Waals surface area contributed by atoms with E-state index in [9.17, 15) is 13.2 Å². The summed E-state index contributed by atoms with van der Waals surface area (Å²) in [4.78, 5) is 17.3. The Morgan fingerprint density at radius 1 is 1.03 bits per heavy atom. The molecule has 1 saturated heterocycles. The second-order valence-corrected chi connectivity index (χ2v) is 10.1. The molecular formula is C23H32N4O3S. The van der Waals surface area contributed by atoms with Crippen LogP contribution in [0.5, 0.6) is 0 Å². The van der Waals surface area contributed by atoms with Crippen molar-refractivity contribution in [3.8, 4) is 0 Å². The van der Waals surface area contributed by atoms with Crippen molar-refractivity contribution in [2.24, 2.45) is 0 Å². The molecule has 1 fully saturated rings. The lowest BCUT2D eigenvalue weighted by atomic mass is 10.1. The van der Waals surface area contributed by atoms with Gasteiger partial charge in [0, 0.05) is 39.3 Å². The number of piperazine rings is 1. The van der Waals surface area contributed by atoms with E-state index in [1.807, 2.05) is 31.2 Å². The minimum Gasteiger partial charge on any atom is -0.350 e. The van der Waals surface area contributed by atoms with Crippen molar-refractivity contribution >= 4 is 21.6 Å². The van der Waals surface area contributed by atoms with Crippen LogP contribution in [0, 0.1) is 6.92 Å². The van der Waals surface area contributed by atoms with Crippen molar-refractivity contribution < 1.29 is 13.2 Å². The zero-order valence-electron chi connectivity index (χ0n) is 18.5. The van der Waals surface area contributed by atoms with Gasteiger partial charge in [0.2, 0.25) is 15.9 Å². The van der Waals surface area contributed by atoms with E-state index in [4.69, 9.17) is 0 Å². The molecule has 0 aliphatic carbocycles. The third kappa shape index (κ3) is 6.78. The lowest BCUT2D eigenvalue weighted by molar-refractivity contribution is -0.119. The van der Waals surface area contributed by atoms with Crippen molar-refractivity contribution in [3.05, 3.63) is 65.2 Å². The van der Waals surface area contributed by atoms with Crippen molar-refractivity contribution in [1.29, 1.82) is 0 Å². The highest BCUT2D eigenvalue weighted by Gasteiger charge is 2.22. The van der Waals surface area contributed by atoms with Gasteiger partial charge in [-0.3, -0.25) is 14.0 Å². The number of likely N-dealkylation sites (N-methyl/N-ethyl adjacent to an activating group) is 1. The summed E-state index contributed by atoms with van der Waals surface area (Å²) in [6.07, 6.45) is 1.12. The summed E-state index contributed by atoms with van der Waals surface area (Å²) in [5, 5.41) is 2.86. The molecule has 2 aromatic carbocycles. The number of carbonyl (C=O) groups excluding carboxylic acids is 1. The number of para-hydroxylation sites is 1. The van der Waals surface area contributed by atoms with Gasteiger partial charge in [0.1, 0.15) is 6.54 Å². The van der Waals surface area contributed by atoms with E-state index in [0.717, 1.165) is 54.4 Å². The number of benzene rings is 2. The van der Waals surface area contributed by atoms with Crippen molar-refractivity contribution in [1.82, 2.24) is 15.1 Å². The number of hydrogen-bond acceptors (Lipinski definition) is 5. The number of nitrogens with one attached hydrogen (secondary N) is 1. The van der Waals surface area contributed by atoms with Gasteiger partial charge in [-0.25, -0.2) is 8.42 Å². The molecule has 0 saturated carbocycles. The van der Waals surface area contributed by atoms with E-state index in [-0.39, 0.29) is 12.5 Å².